The normalized spacial score (nSPS) is 17.0. The summed E-state index contributed by atoms with van der Waals surface area (Å²) in [6.07, 6.45) is 1.78. The SMILES string of the molecule is NC(=S)c1ccccc1CS(=O)(=O)NC1CCSCC1. The number of hydrogen-bond donors (Lipinski definition) is 2. The van der Waals surface area contributed by atoms with Gasteiger partial charge >= 0.3 is 0 Å². The summed E-state index contributed by atoms with van der Waals surface area (Å²) in [4.78, 5) is 0.227. The number of thiocarbonyl (C=S) groups is 1. The largest absolute Gasteiger partial charge is 0.389 e. The van der Waals surface area contributed by atoms with Gasteiger partial charge in [0.2, 0.25) is 10.0 Å². The van der Waals surface area contributed by atoms with E-state index in [0.29, 0.717) is 11.1 Å². The molecule has 4 nitrogen and oxygen atoms in total. The Morgan fingerprint density at radius 1 is 1.35 bits per heavy atom. The predicted octanol–water partition coefficient (Wildman–Crippen LogP) is 1.64. The molecule has 110 valence electrons. The molecule has 0 aromatic heterocycles. The first-order valence-corrected chi connectivity index (χ1v) is 9.65. The molecule has 1 heterocycles. The second-order valence-electron chi connectivity index (χ2n) is 4.78. The fourth-order valence-electron chi connectivity index (χ4n) is 2.20. The van der Waals surface area contributed by atoms with Crippen LogP contribution in [0.2, 0.25) is 0 Å². The zero-order valence-corrected chi connectivity index (χ0v) is 13.5. The summed E-state index contributed by atoms with van der Waals surface area (Å²) in [6, 6.07) is 7.16. The van der Waals surface area contributed by atoms with Crippen LogP contribution >= 0.6 is 24.0 Å². The molecule has 3 N–H and O–H groups in total. The van der Waals surface area contributed by atoms with E-state index in [-0.39, 0.29) is 16.8 Å². The van der Waals surface area contributed by atoms with Gasteiger partial charge in [-0.2, -0.15) is 11.8 Å². The summed E-state index contributed by atoms with van der Waals surface area (Å²) in [5.41, 5.74) is 6.91. The number of nitrogens with one attached hydrogen (secondary N) is 1. The van der Waals surface area contributed by atoms with E-state index < -0.39 is 10.0 Å². The van der Waals surface area contributed by atoms with Gasteiger partial charge < -0.3 is 5.73 Å². The standard InChI is InChI=1S/C13H18N2O2S3/c14-13(18)12-4-2-1-3-10(12)9-20(16,17)15-11-5-7-19-8-6-11/h1-4,11,15H,5-9H2,(H2,14,18). The molecule has 1 aromatic carbocycles. The highest BCUT2D eigenvalue weighted by Gasteiger charge is 2.21. The van der Waals surface area contributed by atoms with Crippen LogP contribution in [0.3, 0.4) is 0 Å². The molecule has 1 aromatic rings. The molecule has 7 heteroatoms. The average Bonchev–Trinajstić information content (AvgIpc) is 2.39. The van der Waals surface area contributed by atoms with Crippen LogP contribution in [0.5, 0.6) is 0 Å². The second-order valence-corrected chi connectivity index (χ2v) is 8.20. The maximum Gasteiger partial charge on any atom is 0.216 e. The van der Waals surface area contributed by atoms with E-state index in [1.165, 1.54) is 0 Å². The highest BCUT2D eigenvalue weighted by Crippen LogP contribution is 2.19. The first-order chi connectivity index (χ1) is 9.48. The van der Waals surface area contributed by atoms with Crippen LogP contribution < -0.4 is 10.5 Å². The zero-order valence-electron chi connectivity index (χ0n) is 11.0. The molecule has 0 saturated carbocycles. The van der Waals surface area contributed by atoms with Gasteiger partial charge in [-0.1, -0.05) is 36.5 Å². The zero-order chi connectivity index (χ0) is 14.6. The van der Waals surface area contributed by atoms with E-state index in [9.17, 15) is 8.42 Å². The van der Waals surface area contributed by atoms with Gasteiger partial charge in [-0.25, -0.2) is 13.1 Å². The third kappa shape index (κ3) is 4.44. The Kier molecular flexibility index (Phi) is 5.42. The van der Waals surface area contributed by atoms with E-state index >= 15 is 0 Å². The highest BCUT2D eigenvalue weighted by atomic mass is 32.2. The van der Waals surface area contributed by atoms with E-state index in [1.807, 2.05) is 11.8 Å². The van der Waals surface area contributed by atoms with Crippen LogP contribution in [-0.2, 0) is 15.8 Å². The number of nitrogens with two attached hydrogens (primary N) is 1. The van der Waals surface area contributed by atoms with Crippen LogP contribution in [0.4, 0.5) is 0 Å². The third-order valence-corrected chi connectivity index (χ3v) is 5.85. The Hall–Kier alpha value is -0.630. The third-order valence-electron chi connectivity index (χ3n) is 3.20. The minimum absolute atomic E-state index is 0.0539. The lowest BCUT2D eigenvalue weighted by Crippen LogP contribution is -2.38. The molecule has 0 amide bonds. The van der Waals surface area contributed by atoms with Crippen LogP contribution in [0.1, 0.15) is 24.0 Å². The van der Waals surface area contributed by atoms with Gasteiger partial charge in [-0.3, -0.25) is 0 Å². The van der Waals surface area contributed by atoms with Crippen molar-refractivity contribution >= 4 is 39.0 Å². The quantitative estimate of drug-likeness (QED) is 0.803. The maximum absolute atomic E-state index is 12.2. The van der Waals surface area contributed by atoms with Crippen LogP contribution in [0, 0.1) is 0 Å². The van der Waals surface area contributed by atoms with Crippen molar-refractivity contribution in [1.29, 1.82) is 0 Å². The van der Waals surface area contributed by atoms with Crippen LogP contribution in [-0.4, -0.2) is 31.0 Å². The van der Waals surface area contributed by atoms with Gasteiger partial charge in [0.25, 0.3) is 0 Å². The molecule has 0 bridgehead atoms. The molecular formula is C13H18N2O2S3. The molecule has 1 aliphatic heterocycles. The summed E-state index contributed by atoms with van der Waals surface area (Å²) < 4.78 is 27.3. The minimum Gasteiger partial charge on any atom is -0.389 e. The van der Waals surface area contributed by atoms with Crippen molar-refractivity contribution in [2.75, 3.05) is 11.5 Å². The molecule has 1 aliphatic rings. The summed E-state index contributed by atoms with van der Waals surface area (Å²) >= 11 is 6.83. The number of rotatable bonds is 5. The highest BCUT2D eigenvalue weighted by molar-refractivity contribution is 7.99. The Morgan fingerprint density at radius 3 is 2.65 bits per heavy atom. The van der Waals surface area contributed by atoms with Gasteiger partial charge in [0, 0.05) is 11.6 Å². The van der Waals surface area contributed by atoms with Crippen molar-refractivity contribution in [3.8, 4) is 0 Å². The Morgan fingerprint density at radius 2 is 2.00 bits per heavy atom. The maximum atomic E-state index is 12.2. The predicted molar refractivity (Wildman–Crippen MR) is 88.4 cm³/mol. The molecular weight excluding hydrogens is 312 g/mol. The molecule has 1 saturated heterocycles. The van der Waals surface area contributed by atoms with E-state index in [4.69, 9.17) is 18.0 Å². The fraction of sp³-hybridized carbons (Fsp3) is 0.462. The molecule has 2 rings (SSSR count). The number of sulfonamides is 1. The van der Waals surface area contributed by atoms with E-state index in [2.05, 4.69) is 4.72 Å². The topological polar surface area (TPSA) is 72.2 Å². The molecule has 0 atom stereocenters. The summed E-state index contributed by atoms with van der Waals surface area (Å²) in [7, 11) is -3.36. The van der Waals surface area contributed by atoms with Crippen molar-refractivity contribution < 1.29 is 8.42 Å². The van der Waals surface area contributed by atoms with Crippen molar-refractivity contribution in [2.24, 2.45) is 5.73 Å². The smallest absolute Gasteiger partial charge is 0.216 e. The van der Waals surface area contributed by atoms with Crippen LogP contribution in [0.15, 0.2) is 24.3 Å². The molecule has 20 heavy (non-hydrogen) atoms. The lowest BCUT2D eigenvalue weighted by atomic mass is 10.1. The van der Waals surface area contributed by atoms with Gasteiger partial charge in [0.1, 0.15) is 4.99 Å². The van der Waals surface area contributed by atoms with Crippen molar-refractivity contribution in [1.82, 2.24) is 4.72 Å². The summed E-state index contributed by atoms with van der Waals surface area (Å²) in [5.74, 6) is 1.94. The lowest BCUT2D eigenvalue weighted by molar-refractivity contribution is 0.528. The number of hydrogen-bond acceptors (Lipinski definition) is 4. The van der Waals surface area contributed by atoms with Crippen LogP contribution in [0.25, 0.3) is 0 Å². The van der Waals surface area contributed by atoms with E-state index in [1.54, 1.807) is 24.3 Å². The average molecular weight is 331 g/mol. The monoisotopic (exact) mass is 330 g/mol. The molecule has 1 fully saturated rings. The van der Waals surface area contributed by atoms with Gasteiger partial charge in [-0.05, 0) is 29.9 Å². The Bertz CT molecular complexity index is 581. The Labute approximate surface area is 129 Å². The molecule has 0 unspecified atom stereocenters. The van der Waals surface area contributed by atoms with Gasteiger partial charge in [-0.15, -0.1) is 0 Å². The van der Waals surface area contributed by atoms with Crippen molar-refractivity contribution in [3.05, 3.63) is 35.4 Å². The van der Waals surface area contributed by atoms with Crippen molar-refractivity contribution in [2.45, 2.75) is 24.6 Å². The van der Waals surface area contributed by atoms with Crippen molar-refractivity contribution in [3.63, 3.8) is 0 Å². The summed E-state index contributed by atoms with van der Waals surface area (Å²) in [5, 5.41) is 0. The number of benzene rings is 1. The van der Waals surface area contributed by atoms with Gasteiger partial charge in [0.05, 0.1) is 5.75 Å². The molecule has 0 radical (unpaired) electrons. The summed E-state index contributed by atoms with van der Waals surface area (Å²) in [6.45, 7) is 0. The lowest BCUT2D eigenvalue weighted by Gasteiger charge is -2.22. The van der Waals surface area contributed by atoms with E-state index in [0.717, 1.165) is 24.3 Å². The number of thioether (sulfide) groups is 1. The van der Waals surface area contributed by atoms with Gasteiger partial charge in [0.15, 0.2) is 0 Å². The molecule has 0 spiro atoms. The molecule has 0 aliphatic carbocycles. The minimum atomic E-state index is -3.36. The fourth-order valence-corrected chi connectivity index (χ4v) is 5.00. The first kappa shape index (κ1) is 15.8. The first-order valence-electron chi connectivity index (χ1n) is 6.43. The second kappa shape index (κ2) is 6.89. The Balaban J connectivity index is 2.10.